The van der Waals surface area contributed by atoms with E-state index < -0.39 is 11.9 Å². The number of carbonyl (C=O) groups excluding carboxylic acids is 2. The van der Waals surface area contributed by atoms with Crippen molar-refractivity contribution >= 4 is 23.1 Å². The van der Waals surface area contributed by atoms with Crippen molar-refractivity contribution < 1.29 is 24.2 Å². The molecule has 0 fully saturated rings. The highest BCUT2D eigenvalue weighted by Crippen LogP contribution is 2.46. The van der Waals surface area contributed by atoms with Crippen molar-refractivity contribution in [2.45, 2.75) is 51.6 Å². The van der Waals surface area contributed by atoms with Gasteiger partial charge in [-0.2, -0.15) is 0 Å². The highest BCUT2D eigenvalue weighted by Gasteiger charge is 2.41. The summed E-state index contributed by atoms with van der Waals surface area (Å²) in [6.45, 7) is 6.10. The molecule has 0 unspecified atom stereocenters. The first-order valence-corrected chi connectivity index (χ1v) is 12.1. The molecule has 1 aromatic heterocycles. The number of carbonyl (C=O) groups is 2. The number of thiophene rings is 1. The molecule has 0 saturated heterocycles. The van der Waals surface area contributed by atoms with E-state index >= 15 is 0 Å². The average molecular weight is 468 g/mol. The SMILES string of the molecule is CC1=C(C(=O)OCCOC(C)C)[C@@H](c2cccc(O)c2)C2=C(C[C@H](c3cccs3)CC2=O)N1. The minimum absolute atomic E-state index is 0.0106. The molecule has 7 heteroatoms. The molecule has 1 aromatic carbocycles. The third-order valence-electron chi connectivity index (χ3n) is 5.96. The second-order valence-corrected chi connectivity index (χ2v) is 9.66. The number of aromatic hydroxyl groups is 1. The summed E-state index contributed by atoms with van der Waals surface area (Å²) in [6, 6.07) is 10.8. The number of benzene rings is 1. The van der Waals surface area contributed by atoms with Crippen LogP contribution in [0.2, 0.25) is 0 Å². The Morgan fingerprint density at radius 2 is 2.03 bits per heavy atom. The molecule has 174 valence electrons. The second-order valence-electron chi connectivity index (χ2n) is 8.68. The molecule has 0 saturated carbocycles. The van der Waals surface area contributed by atoms with E-state index in [2.05, 4.69) is 11.4 Å². The number of allylic oxidation sites excluding steroid dienone is 3. The van der Waals surface area contributed by atoms with Crippen molar-refractivity contribution in [3.63, 3.8) is 0 Å². The summed E-state index contributed by atoms with van der Waals surface area (Å²) >= 11 is 1.66. The third-order valence-corrected chi connectivity index (χ3v) is 7.00. The number of Topliss-reactive ketones (excluding diaryl/α,β-unsaturated/α-hetero) is 1. The van der Waals surface area contributed by atoms with E-state index in [1.165, 1.54) is 4.88 Å². The zero-order valence-electron chi connectivity index (χ0n) is 19.1. The molecule has 33 heavy (non-hydrogen) atoms. The topological polar surface area (TPSA) is 84.9 Å². The molecule has 1 aliphatic carbocycles. The summed E-state index contributed by atoms with van der Waals surface area (Å²) in [4.78, 5) is 27.8. The van der Waals surface area contributed by atoms with Gasteiger partial charge in [-0.15, -0.1) is 11.3 Å². The minimum Gasteiger partial charge on any atom is -0.508 e. The Morgan fingerprint density at radius 1 is 1.21 bits per heavy atom. The van der Waals surface area contributed by atoms with E-state index in [1.54, 1.807) is 29.5 Å². The smallest absolute Gasteiger partial charge is 0.336 e. The van der Waals surface area contributed by atoms with Crippen molar-refractivity contribution in [1.82, 2.24) is 5.32 Å². The summed E-state index contributed by atoms with van der Waals surface area (Å²) in [5, 5.41) is 15.5. The molecule has 0 radical (unpaired) electrons. The van der Waals surface area contributed by atoms with Gasteiger partial charge in [0.1, 0.15) is 12.4 Å². The van der Waals surface area contributed by atoms with Crippen molar-refractivity contribution in [2.24, 2.45) is 0 Å². The summed E-state index contributed by atoms with van der Waals surface area (Å²) in [5.74, 6) is -0.868. The van der Waals surface area contributed by atoms with Crippen molar-refractivity contribution in [3.8, 4) is 5.75 Å². The quantitative estimate of drug-likeness (QED) is 0.450. The molecule has 6 nitrogen and oxygen atoms in total. The minimum atomic E-state index is -0.594. The Kier molecular flexibility index (Phi) is 7.00. The zero-order chi connectivity index (χ0) is 23.5. The van der Waals surface area contributed by atoms with Gasteiger partial charge in [0.2, 0.25) is 0 Å². The van der Waals surface area contributed by atoms with Crippen LogP contribution in [-0.4, -0.2) is 36.2 Å². The molecule has 2 aromatic rings. The number of phenolic OH excluding ortho intramolecular Hbond substituents is 1. The van der Waals surface area contributed by atoms with Crippen molar-refractivity contribution in [2.75, 3.05) is 13.2 Å². The van der Waals surface area contributed by atoms with E-state index in [0.29, 0.717) is 41.9 Å². The maximum absolute atomic E-state index is 13.5. The maximum Gasteiger partial charge on any atom is 0.336 e. The van der Waals surface area contributed by atoms with Gasteiger partial charge in [0.15, 0.2) is 5.78 Å². The largest absolute Gasteiger partial charge is 0.508 e. The average Bonchev–Trinajstić information content (AvgIpc) is 3.30. The van der Waals surface area contributed by atoms with E-state index in [4.69, 9.17) is 9.47 Å². The maximum atomic E-state index is 13.5. The van der Waals surface area contributed by atoms with Crippen LogP contribution in [0.3, 0.4) is 0 Å². The first-order chi connectivity index (χ1) is 15.8. The van der Waals surface area contributed by atoms with Gasteiger partial charge in [-0.25, -0.2) is 4.79 Å². The van der Waals surface area contributed by atoms with Crippen LogP contribution in [0, 0.1) is 0 Å². The number of ketones is 1. The molecule has 0 amide bonds. The van der Waals surface area contributed by atoms with Gasteiger partial charge in [0.25, 0.3) is 0 Å². The van der Waals surface area contributed by atoms with Crippen LogP contribution in [0.25, 0.3) is 0 Å². The summed E-state index contributed by atoms with van der Waals surface area (Å²) < 4.78 is 11.0. The summed E-state index contributed by atoms with van der Waals surface area (Å²) in [6.07, 6.45) is 1.13. The predicted octanol–water partition coefficient (Wildman–Crippen LogP) is 4.78. The molecule has 2 N–H and O–H groups in total. The lowest BCUT2D eigenvalue weighted by molar-refractivity contribution is -0.141. The van der Waals surface area contributed by atoms with Gasteiger partial charge in [-0.05, 0) is 56.3 Å². The van der Waals surface area contributed by atoms with Gasteiger partial charge in [0, 0.05) is 40.1 Å². The standard InChI is InChI=1S/C26H29NO5S/c1-15(2)31-9-10-32-26(30)23-16(3)27-20-13-18(22-8-5-11-33-22)14-21(29)25(20)24(23)17-6-4-7-19(28)12-17/h4-8,11-12,15,18,24,27-28H,9-10,13-14H2,1-3H3/t18-,24+/m0/s1. The summed E-state index contributed by atoms with van der Waals surface area (Å²) in [7, 11) is 0. The van der Waals surface area contributed by atoms with Gasteiger partial charge in [-0.1, -0.05) is 18.2 Å². The molecule has 0 spiro atoms. The second kappa shape index (κ2) is 9.93. The van der Waals surface area contributed by atoms with Crippen LogP contribution in [0.5, 0.6) is 5.75 Å². The lowest BCUT2D eigenvalue weighted by Gasteiger charge is -2.36. The molecule has 0 bridgehead atoms. The number of esters is 1. The number of hydrogen-bond donors (Lipinski definition) is 2. The fourth-order valence-corrected chi connectivity index (χ4v) is 5.40. The van der Waals surface area contributed by atoms with E-state index in [0.717, 1.165) is 5.70 Å². The molecule has 1 aliphatic heterocycles. The molecular weight excluding hydrogens is 438 g/mol. The molecule has 2 aliphatic rings. The van der Waals surface area contributed by atoms with E-state index in [-0.39, 0.29) is 30.2 Å². The first kappa shape index (κ1) is 23.3. The monoisotopic (exact) mass is 467 g/mol. The predicted molar refractivity (Wildman–Crippen MR) is 127 cm³/mol. The van der Waals surface area contributed by atoms with Crippen LogP contribution in [0.4, 0.5) is 0 Å². The third kappa shape index (κ3) is 5.04. The lowest BCUT2D eigenvalue weighted by Crippen LogP contribution is -2.36. The number of phenols is 1. The highest BCUT2D eigenvalue weighted by atomic mass is 32.1. The van der Waals surface area contributed by atoms with Crippen LogP contribution >= 0.6 is 11.3 Å². The van der Waals surface area contributed by atoms with Crippen molar-refractivity contribution in [1.29, 1.82) is 0 Å². The molecule has 2 heterocycles. The zero-order valence-corrected chi connectivity index (χ0v) is 19.9. The van der Waals surface area contributed by atoms with Crippen LogP contribution < -0.4 is 5.32 Å². The normalized spacial score (nSPS) is 20.7. The van der Waals surface area contributed by atoms with E-state index in [9.17, 15) is 14.7 Å². The van der Waals surface area contributed by atoms with E-state index in [1.807, 2.05) is 38.3 Å². The van der Waals surface area contributed by atoms with Crippen LogP contribution in [0.1, 0.15) is 55.9 Å². The Morgan fingerprint density at radius 3 is 2.73 bits per heavy atom. The Balaban J connectivity index is 1.68. The van der Waals surface area contributed by atoms with Gasteiger partial charge in [-0.3, -0.25) is 4.79 Å². The number of dihydropyridines is 1. The fourth-order valence-electron chi connectivity index (χ4n) is 4.57. The molecule has 2 atom stereocenters. The number of ether oxygens (including phenoxy) is 2. The number of rotatable bonds is 7. The Bertz CT molecular complexity index is 1100. The number of nitrogens with one attached hydrogen (secondary N) is 1. The van der Waals surface area contributed by atoms with Gasteiger partial charge >= 0.3 is 5.97 Å². The first-order valence-electron chi connectivity index (χ1n) is 11.2. The Hall–Kier alpha value is -2.90. The number of hydrogen-bond acceptors (Lipinski definition) is 7. The molecule has 4 rings (SSSR count). The fraction of sp³-hybridized carbons (Fsp3) is 0.385. The van der Waals surface area contributed by atoms with Gasteiger partial charge in [0.05, 0.1) is 18.3 Å². The Labute approximate surface area is 197 Å². The molecular formula is C26H29NO5S. The summed E-state index contributed by atoms with van der Waals surface area (Å²) in [5.41, 5.74) is 3.18. The van der Waals surface area contributed by atoms with Crippen LogP contribution in [-0.2, 0) is 19.1 Å². The highest BCUT2D eigenvalue weighted by molar-refractivity contribution is 7.10. The lowest BCUT2D eigenvalue weighted by atomic mass is 9.72. The van der Waals surface area contributed by atoms with Crippen molar-refractivity contribution in [3.05, 3.63) is 74.8 Å². The van der Waals surface area contributed by atoms with Crippen LogP contribution in [0.15, 0.2) is 64.3 Å². The van der Waals surface area contributed by atoms with Gasteiger partial charge < -0.3 is 19.9 Å².